The zero-order valence-electron chi connectivity index (χ0n) is 13.0. The van der Waals surface area contributed by atoms with E-state index in [1.165, 1.54) is 7.05 Å². The predicted molar refractivity (Wildman–Crippen MR) is 91.5 cm³/mol. The van der Waals surface area contributed by atoms with Crippen molar-refractivity contribution in [3.05, 3.63) is 70.4 Å². The maximum atomic E-state index is 12.0. The number of rotatable bonds is 4. The van der Waals surface area contributed by atoms with Crippen molar-refractivity contribution in [2.24, 2.45) is 0 Å². The molecular weight excluding hydrogens is 328 g/mol. The molecule has 2 aromatic carbocycles. The normalized spacial score (nSPS) is 15.8. The van der Waals surface area contributed by atoms with E-state index in [0.29, 0.717) is 22.9 Å². The number of hydrogen-bond donors (Lipinski definition) is 1. The minimum absolute atomic E-state index is 0.219. The summed E-state index contributed by atoms with van der Waals surface area (Å²) in [5.41, 5.74) is 1.78. The number of ether oxygens (including phenoxy) is 1. The van der Waals surface area contributed by atoms with E-state index in [4.69, 9.17) is 16.3 Å². The summed E-state index contributed by atoms with van der Waals surface area (Å²) in [6.07, 6.45) is 1.60. The van der Waals surface area contributed by atoms with E-state index >= 15 is 0 Å². The molecule has 3 amide bonds. The number of imide groups is 1. The van der Waals surface area contributed by atoms with Gasteiger partial charge >= 0.3 is 6.03 Å². The molecule has 24 heavy (non-hydrogen) atoms. The summed E-state index contributed by atoms with van der Waals surface area (Å²) in [5.74, 6) is 0.224. The fraction of sp³-hybridized carbons (Fsp3) is 0.111. The number of para-hydroxylation sites is 1. The maximum Gasteiger partial charge on any atom is 0.328 e. The Hall–Kier alpha value is -2.79. The molecule has 3 rings (SSSR count). The molecule has 0 aliphatic carbocycles. The van der Waals surface area contributed by atoms with E-state index in [1.54, 1.807) is 18.2 Å². The van der Waals surface area contributed by atoms with Crippen molar-refractivity contribution in [1.82, 2.24) is 10.2 Å². The van der Waals surface area contributed by atoms with Crippen LogP contribution in [0, 0.1) is 0 Å². The Balaban J connectivity index is 1.83. The summed E-state index contributed by atoms with van der Waals surface area (Å²) >= 11 is 6.13. The van der Waals surface area contributed by atoms with Crippen LogP contribution < -0.4 is 10.1 Å². The van der Waals surface area contributed by atoms with Gasteiger partial charge in [-0.05, 0) is 18.2 Å². The number of hydrogen-bond acceptors (Lipinski definition) is 3. The average Bonchev–Trinajstić information content (AvgIpc) is 2.82. The fourth-order valence-electron chi connectivity index (χ4n) is 2.28. The maximum absolute atomic E-state index is 12.0. The molecule has 1 saturated heterocycles. The number of amides is 3. The quantitative estimate of drug-likeness (QED) is 0.684. The molecule has 1 aliphatic heterocycles. The van der Waals surface area contributed by atoms with Gasteiger partial charge in [-0.3, -0.25) is 9.69 Å². The highest BCUT2D eigenvalue weighted by Gasteiger charge is 2.30. The van der Waals surface area contributed by atoms with Crippen LogP contribution in [-0.4, -0.2) is 23.9 Å². The molecule has 0 spiro atoms. The summed E-state index contributed by atoms with van der Waals surface area (Å²) in [4.78, 5) is 24.5. The smallest absolute Gasteiger partial charge is 0.328 e. The highest BCUT2D eigenvalue weighted by atomic mass is 35.5. The van der Waals surface area contributed by atoms with E-state index in [2.05, 4.69) is 5.32 Å². The molecule has 1 aliphatic rings. The number of nitrogens with one attached hydrogen (secondary N) is 1. The van der Waals surface area contributed by atoms with Gasteiger partial charge in [0.2, 0.25) is 0 Å². The Morgan fingerprint density at radius 1 is 1.12 bits per heavy atom. The van der Waals surface area contributed by atoms with Crippen LogP contribution in [0.4, 0.5) is 4.79 Å². The first-order valence-corrected chi connectivity index (χ1v) is 7.70. The van der Waals surface area contributed by atoms with Crippen molar-refractivity contribution in [3.63, 3.8) is 0 Å². The summed E-state index contributed by atoms with van der Waals surface area (Å²) in [5, 5.41) is 3.17. The molecule has 5 nitrogen and oxygen atoms in total. The van der Waals surface area contributed by atoms with Gasteiger partial charge in [-0.2, -0.15) is 0 Å². The van der Waals surface area contributed by atoms with Gasteiger partial charge in [0.15, 0.2) is 0 Å². The number of halogens is 1. The van der Waals surface area contributed by atoms with Gasteiger partial charge in [-0.1, -0.05) is 48.0 Å². The number of likely N-dealkylation sites (N-methyl/N-ethyl adjacent to an activating group) is 1. The topological polar surface area (TPSA) is 58.6 Å². The molecule has 0 saturated carbocycles. The highest BCUT2D eigenvalue weighted by molar-refractivity contribution is 6.31. The van der Waals surface area contributed by atoms with E-state index in [1.807, 2.05) is 36.4 Å². The van der Waals surface area contributed by atoms with Crippen molar-refractivity contribution in [2.45, 2.75) is 6.61 Å². The highest BCUT2D eigenvalue weighted by Crippen LogP contribution is 2.24. The lowest BCUT2D eigenvalue weighted by molar-refractivity contribution is -0.121. The van der Waals surface area contributed by atoms with Gasteiger partial charge in [0.05, 0.1) is 0 Å². The first-order valence-electron chi connectivity index (χ1n) is 7.32. The largest absolute Gasteiger partial charge is 0.488 e. The molecular formula is C18H15ClN2O3. The van der Waals surface area contributed by atoms with E-state index < -0.39 is 6.03 Å². The van der Waals surface area contributed by atoms with E-state index in [-0.39, 0.29) is 11.6 Å². The second kappa shape index (κ2) is 6.76. The van der Waals surface area contributed by atoms with Gasteiger partial charge in [-0.25, -0.2) is 4.79 Å². The Kier molecular flexibility index (Phi) is 4.53. The van der Waals surface area contributed by atoms with Crippen LogP contribution >= 0.6 is 11.6 Å². The van der Waals surface area contributed by atoms with Gasteiger partial charge in [0.25, 0.3) is 5.91 Å². The number of urea groups is 1. The van der Waals surface area contributed by atoms with Crippen molar-refractivity contribution in [2.75, 3.05) is 7.05 Å². The van der Waals surface area contributed by atoms with Crippen molar-refractivity contribution in [3.8, 4) is 5.75 Å². The predicted octanol–water partition coefficient (Wildman–Crippen LogP) is 3.44. The second-order valence-electron chi connectivity index (χ2n) is 5.27. The minimum Gasteiger partial charge on any atom is -0.488 e. The number of nitrogens with zero attached hydrogens (tertiary/aromatic N) is 1. The average molecular weight is 343 g/mol. The lowest BCUT2D eigenvalue weighted by Crippen LogP contribution is -2.25. The molecule has 0 atom stereocenters. The third-order valence-electron chi connectivity index (χ3n) is 3.64. The van der Waals surface area contributed by atoms with Crippen molar-refractivity contribution in [1.29, 1.82) is 0 Å². The summed E-state index contributed by atoms with van der Waals surface area (Å²) in [7, 11) is 1.43. The fourth-order valence-corrected chi connectivity index (χ4v) is 2.47. The third-order valence-corrected chi connectivity index (χ3v) is 4.01. The molecule has 6 heteroatoms. The first-order chi connectivity index (χ1) is 11.6. The number of benzene rings is 2. The first kappa shape index (κ1) is 16.1. The van der Waals surface area contributed by atoms with Gasteiger partial charge in [0.1, 0.15) is 18.1 Å². The zero-order valence-corrected chi connectivity index (χ0v) is 13.7. The molecule has 1 heterocycles. The lowest BCUT2D eigenvalue weighted by Gasteiger charge is -2.10. The Morgan fingerprint density at radius 2 is 1.83 bits per heavy atom. The lowest BCUT2D eigenvalue weighted by atomic mass is 10.1. The van der Waals surface area contributed by atoms with Crippen LogP contribution in [0.25, 0.3) is 6.08 Å². The van der Waals surface area contributed by atoms with Crippen LogP contribution in [0.3, 0.4) is 0 Å². The van der Waals surface area contributed by atoms with Crippen molar-refractivity contribution < 1.29 is 14.3 Å². The second-order valence-corrected chi connectivity index (χ2v) is 5.68. The monoisotopic (exact) mass is 342 g/mol. The molecule has 0 aromatic heterocycles. The molecule has 0 bridgehead atoms. The molecule has 122 valence electrons. The molecule has 2 aromatic rings. The number of carbonyl (C=O) groups is 2. The Morgan fingerprint density at radius 3 is 2.54 bits per heavy atom. The zero-order chi connectivity index (χ0) is 17.1. The van der Waals surface area contributed by atoms with Gasteiger partial charge in [0, 0.05) is 23.2 Å². The van der Waals surface area contributed by atoms with E-state index in [9.17, 15) is 9.59 Å². The van der Waals surface area contributed by atoms with Gasteiger partial charge < -0.3 is 10.1 Å². The van der Waals surface area contributed by atoms with Gasteiger partial charge in [-0.15, -0.1) is 0 Å². The molecule has 1 N–H and O–H groups in total. The molecule has 1 fully saturated rings. The molecule has 0 radical (unpaired) electrons. The summed E-state index contributed by atoms with van der Waals surface area (Å²) < 4.78 is 5.84. The number of carbonyl (C=O) groups excluding carboxylic acids is 2. The van der Waals surface area contributed by atoms with Crippen LogP contribution in [0.1, 0.15) is 11.1 Å². The van der Waals surface area contributed by atoms with Crippen molar-refractivity contribution >= 4 is 29.6 Å². The SMILES string of the molecule is CN1C(=O)N/C(=C/c2ccccc2OCc2ccccc2Cl)C1=O. The molecule has 0 unspecified atom stereocenters. The standard InChI is InChI=1S/C18H15ClN2O3/c1-21-17(22)15(20-18(21)23)10-12-6-3-5-9-16(12)24-11-13-7-2-4-8-14(13)19/h2-10H,11H2,1H3,(H,20,23)/b15-10+. The van der Waals surface area contributed by atoms with Crippen LogP contribution in [0.15, 0.2) is 54.2 Å². The third kappa shape index (κ3) is 3.26. The Labute approximate surface area is 144 Å². The van der Waals surface area contributed by atoms with Crippen LogP contribution in [0.2, 0.25) is 5.02 Å². The Bertz CT molecular complexity index is 833. The minimum atomic E-state index is -0.444. The van der Waals surface area contributed by atoms with E-state index in [0.717, 1.165) is 10.5 Å². The summed E-state index contributed by atoms with van der Waals surface area (Å²) in [6.45, 7) is 0.306. The summed E-state index contributed by atoms with van der Waals surface area (Å²) in [6, 6.07) is 14.3. The van der Waals surface area contributed by atoms with Crippen LogP contribution in [0.5, 0.6) is 5.75 Å². The van der Waals surface area contributed by atoms with Crippen LogP contribution in [-0.2, 0) is 11.4 Å².